The zero-order valence-corrected chi connectivity index (χ0v) is 15.3. The van der Waals surface area contributed by atoms with Crippen LogP contribution < -0.4 is 4.90 Å². The maximum Gasteiger partial charge on any atom is 0.245 e. The quantitative estimate of drug-likeness (QED) is 0.790. The van der Waals surface area contributed by atoms with Crippen molar-refractivity contribution >= 4 is 17.5 Å². The number of hydrogen-bond acceptors (Lipinski definition) is 3. The number of hydrogen-bond donors (Lipinski definition) is 0. The summed E-state index contributed by atoms with van der Waals surface area (Å²) in [5.41, 5.74) is 2.31. The second-order valence-electron chi connectivity index (χ2n) is 7.15. The summed E-state index contributed by atoms with van der Waals surface area (Å²) in [4.78, 5) is 33.9. The fraction of sp³-hybridized carbons (Fsp3) is 0.318. The molecule has 0 saturated carbocycles. The molecule has 5 nitrogen and oxygen atoms in total. The Morgan fingerprint density at radius 1 is 1.04 bits per heavy atom. The lowest BCUT2D eigenvalue weighted by Crippen LogP contribution is -2.53. The van der Waals surface area contributed by atoms with Gasteiger partial charge in [-0.25, -0.2) is 0 Å². The Hall–Kier alpha value is -2.95. The molecule has 0 unspecified atom stereocenters. The first kappa shape index (κ1) is 17.5. The number of pyridine rings is 1. The van der Waals surface area contributed by atoms with E-state index in [2.05, 4.69) is 11.6 Å². The number of rotatable bonds is 3. The lowest BCUT2D eigenvalue weighted by atomic mass is 9.71. The van der Waals surface area contributed by atoms with Crippen LogP contribution >= 0.6 is 0 Å². The molecule has 2 amide bonds. The number of fused-ring (bicyclic) bond motifs is 1. The third-order valence-electron chi connectivity index (χ3n) is 5.81. The molecular weight excluding hydrogens is 338 g/mol. The minimum atomic E-state index is -0.614. The van der Waals surface area contributed by atoms with Crippen LogP contribution in [0.3, 0.4) is 0 Å². The number of benzene rings is 1. The van der Waals surface area contributed by atoms with Gasteiger partial charge in [0.1, 0.15) is 0 Å². The van der Waals surface area contributed by atoms with E-state index in [4.69, 9.17) is 0 Å². The Morgan fingerprint density at radius 3 is 2.48 bits per heavy atom. The predicted molar refractivity (Wildman–Crippen MR) is 104 cm³/mol. The highest BCUT2D eigenvalue weighted by molar-refractivity contribution is 6.02. The highest BCUT2D eigenvalue weighted by Crippen LogP contribution is 2.40. The van der Waals surface area contributed by atoms with E-state index in [0.29, 0.717) is 32.5 Å². The van der Waals surface area contributed by atoms with Crippen LogP contribution in [0.25, 0.3) is 0 Å². The molecule has 27 heavy (non-hydrogen) atoms. The Balaban J connectivity index is 1.69. The molecule has 0 atom stereocenters. The molecule has 1 saturated heterocycles. The minimum Gasteiger partial charge on any atom is -0.339 e. The summed E-state index contributed by atoms with van der Waals surface area (Å²) in [7, 11) is 0. The number of carbonyl (C=O) groups is 2. The van der Waals surface area contributed by atoms with Gasteiger partial charge >= 0.3 is 0 Å². The summed E-state index contributed by atoms with van der Waals surface area (Å²) in [5.74, 6) is 0.0472. The largest absolute Gasteiger partial charge is 0.339 e. The number of amides is 2. The number of likely N-dealkylation sites (tertiary alicyclic amines) is 1. The molecule has 4 rings (SSSR count). The van der Waals surface area contributed by atoms with Crippen molar-refractivity contribution in [3.05, 3.63) is 72.6 Å². The van der Waals surface area contributed by atoms with Gasteiger partial charge in [0.2, 0.25) is 11.8 Å². The summed E-state index contributed by atoms with van der Waals surface area (Å²) in [6.07, 6.45) is 5.13. The van der Waals surface area contributed by atoms with Crippen molar-refractivity contribution in [3.63, 3.8) is 0 Å². The van der Waals surface area contributed by atoms with Gasteiger partial charge in [0.05, 0.1) is 16.8 Å². The Morgan fingerprint density at radius 2 is 1.78 bits per heavy atom. The van der Waals surface area contributed by atoms with E-state index >= 15 is 0 Å². The average molecular weight is 361 g/mol. The molecule has 2 aromatic rings. The van der Waals surface area contributed by atoms with Crippen LogP contribution in [-0.2, 0) is 21.4 Å². The molecule has 0 spiro atoms. The normalized spacial score (nSPS) is 18.1. The molecule has 0 radical (unpaired) electrons. The van der Waals surface area contributed by atoms with Gasteiger partial charge in [-0.3, -0.25) is 14.6 Å². The zero-order chi connectivity index (χ0) is 18.9. The van der Waals surface area contributed by atoms with Gasteiger partial charge in [-0.15, -0.1) is 0 Å². The van der Waals surface area contributed by atoms with Crippen LogP contribution in [0.1, 0.15) is 24.1 Å². The van der Waals surface area contributed by atoms with E-state index in [-0.39, 0.29) is 11.8 Å². The number of anilines is 1. The van der Waals surface area contributed by atoms with E-state index in [1.54, 1.807) is 11.1 Å². The van der Waals surface area contributed by atoms with Gasteiger partial charge in [0, 0.05) is 32.3 Å². The molecule has 1 aromatic heterocycles. The first-order chi connectivity index (χ1) is 13.2. The van der Waals surface area contributed by atoms with Crippen molar-refractivity contribution in [1.82, 2.24) is 9.88 Å². The Kier molecular flexibility index (Phi) is 4.52. The average Bonchev–Trinajstić information content (AvgIpc) is 3.17. The van der Waals surface area contributed by atoms with Crippen molar-refractivity contribution in [1.29, 1.82) is 0 Å². The molecule has 2 aliphatic rings. The lowest BCUT2D eigenvalue weighted by molar-refractivity contribution is -0.132. The molecule has 0 bridgehead atoms. The van der Waals surface area contributed by atoms with Gasteiger partial charge < -0.3 is 9.80 Å². The lowest BCUT2D eigenvalue weighted by Gasteiger charge is -2.42. The van der Waals surface area contributed by atoms with Crippen LogP contribution in [0.2, 0.25) is 0 Å². The van der Waals surface area contributed by atoms with Gasteiger partial charge in [-0.05, 0) is 36.6 Å². The first-order valence-corrected chi connectivity index (χ1v) is 9.38. The second kappa shape index (κ2) is 6.99. The fourth-order valence-electron chi connectivity index (χ4n) is 4.30. The monoisotopic (exact) mass is 361 g/mol. The minimum absolute atomic E-state index is 0.0696. The molecule has 1 aromatic carbocycles. The van der Waals surface area contributed by atoms with Crippen molar-refractivity contribution < 1.29 is 9.59 Å². The standard InChI is InChI=1S/C22H23N3O2/c1-2-20(26)24-15-11-22(12-16-24,17-7-4-3-5-8-17)21(27)25-14-10-18-19(25)9-6-13-23-18/h2-9,13H,1,10-12,14-16H2. The summed E-state index contributed by atoms with van der Waals surface area (Å²) in [6.45, 7) is 5.35. The van der Waals surface area contributed by atoms with E-state index in [1.807, 2.05) is 47.4 Å². The van der Waals surface area contributed by atoms with E-state index < -0.39 is 5.41 Å². The number of nitrogens with zero attached hydrogens (tertiary/aromatic N) is 3. The first-order valence-electron chi connectivity index (χ1n) is 9.38. The van der Waals surface area contributed by atoms with Crippen molar-refractivity contribution in [2.75, 3.05) is 24.5 Å². The summed E-state index contributed by atoms with van der Waals surface area (Å²) in [5, 5.41) is 0. The maximum atomic E-state index is 13.8. The van der Waals surface area contributed by atoms with Gasteiger partial charge in [-0.1, -0.05) is 36.9 Å². The molecule has 1 fully saturated rings. The summed E-state index contributed by atoms with van der Waals surface area (Å²) in [6, 6.07) is 13.8. The third kappa shape index (κ3) is 2.93. The zero-order valence-electron chi connectivity index (χ0n) is 15.3. The summed E-state index contributed by atoms with van der Waals surface area (Å²) < 4.78 is 0. The number of aromatic nitrogens is 1. The number of piperidine rings is 1. The molecule has 2 aliphatic heterocycles. The molecular formula is C22H23N3O2. The van der Waals surface area contributed by atoms with Gasteiger partial charge in [-0.2, -0.15) is 0 Å². The highest BCUT2D eigenvalue weighted by atomic mass is 16.2. The SMILES string of the molecule is C=CC(=O)N1CCC(C(=O)N2CCc3ncccc32)(c2ccccc2)CC1. The Labute approximate surface area is 159 Å². The predicted octanol–water partition coefficient (Wildman–Crippen LogP) is 2.72. The van der Waals surface area contributed by atoms with Crippen LogP contribution in [0, 0.1) is 0 Å². The molecule has 5 heteroatoms. The van der Waals surface area contributed by atoms with Crippen LogP contribution in [0.5, 0.6) is 0 Å². The molecule has 0 aliphatic carbocycles. The topological polar surface area (TPSA) is 53.5 Å². The van der Waals surface area contributed by atoms with Crippen molar-refractivity contribution in [2.45, 2.75) is 24.7 Å². The summed E-state index contributed by atoms with van der Waals surface area (Å²) >= 11 is 0. The maximum absolute atomic E-state index is 13.8. The van der Waals surface area contributed by atoms with E-state index in [0.717, 1.165) is 23.4 Å². The molecule has 138 valence electrons. The number of carbonyl (C=O) groups excluding carboxylic acids is 2. The van der Waals surface area contributed by atoms with Crippen LogP contribution in [0.15, 0.2) is 61.3 Å². The molecule has 0 N–H and O–H groups in total. The van der Waals surface area contributed by atoms with Crippen LogP contribution in [-0.4, -0.2) is 41.3 Å². The fourth-order valence-corrected chi connectivity index (χ4v) is 4.30. The highest BCUT2D eigenvalue weighted by Gasteiger charge is 2.47. The second-order valence-corrected chi connectivity index (χ2v) is 7.15. The Bertz CT molecular complexity index is 870. The van der Waals surface area contributed by atoms with Crippen molar-refractivity contribution in [2.24, 2.45) is 0 Å². The van der Waals surface area contributed by atoms with Gasteiger partial charge in [0.25, 0.3) is 0 Å². The van der Waals surface area contributed by atoms with Crippen LogP contribution in [0.4, 0.5) is 5.69 Å². The smallest absolute Gasteiger partial charge is 0.245 e. The molecule has 3 heterocycles. The third-order valence-corrected chi connectivity index (χ3v) is 5.81. The van der Waals surface area contributed by atoms with E-state index in [9.17, 15) is 9.59 Å². The van der Waals surface area contributed by atoms with E-state index in [1.165, 1.54) is 6.08 Å². The van der Waals surface area contributed by atoms with Gasteiger partial charge in [0.15, 0.2) is 0 Å². The van der Waals surface area contributed by atoms with Crippen molar-refractivity contribution in [3.8, 4) is 0 Å².